The lowest BCUT2D eigenvalue weighted by Gasteiger charge is -2.41. The van der Waals surface area contributed by atoms with Crippen LogP contribution in [0.25, 0.3) is 0 Å². The van der Waals surface area contributed by atoms with Crippen molar-refractivity contribution in [1.82, 2.24) is 20.1 Å². The predicted molar refractivity (Wildman–Crippen MR) is 144 cm³/mol. The summed E-state index contributed by atoms with van der Waals surface area (Å²) in [5.41, 5.74) is 0.966. The Morgan fingerprint density at radius 1 is 1.05 bits per heavy atom. The number of pyridine rings is 1. The fraction of sp³-hybridized carbons (Fsp3) is 0.607. The van der Waals surface area contributed by atoms with Crippen LogP contribution in [0.4, 0.5) is 19.0 Å². The molecule has 3 heterocycles. The van der Waals surface area contributed by atoms with Crippen molar-refractivity contribution in [2.24, 2.45) is 4.99 Å². The first-order valence-corrected chi connectivity index (χ1v) is 13.7. The maximum Gasteiger partial charge on any atom is 0.404 e. The van der Waals surface area contributed by atoms with Crippen molar-refractivity contribution in [3.05, 3.63) is 47.9 Å². The zero-order valence-electron chi connectivity index (χ0n) is 22.2. The van der Waals surface area contributed by atoms with Crippen LogP contribution in [0.1, 0.15) is 62.4 Å². The van der Waals surface area contributed by atoms with Gasteiger partial charge in [-0.2, -0.15) is 13.2 Å². The SMILES string of the molecule is C=N/C=C\C(=C/C)NC(=O)c1cccc(N2CCCN(C3CCC(N4CCCC4C(F)(F)F)CC3)CC2)n1. The van der Waals surface area contributed by atoms with E-state index < -0.39 is 12.2 Å². The van der Waals surface area contributed by atoms with E-state index >= 15 is 0 Å². The number of alkyl halides is 3. The standard InChI is InChI=1S/C28H39F3N6O/c1-3-21(14-15-32-2)33-27(38)24-7-4-9-26(34-24)36-17-6-16-35(19-20-36)22-10-12-23(13-11-22)37-18-5-8-25(37)28(29,30)31/h3-4,7,9,14-15,22-23,25H,2,5-6,8,10-13,16-20H2,1H3,(H,33,38)/b15-14-,21-3+. The topological polar surface area (TPSA) is 64.1 Å². The smallest absolute Gasteiger partial charge is 0.355 e. The number of likely N-dealkylation sites (tertiary alicyclic amines) is 1. The Hall–Kier alpha value is -2.72. The summed E-state index contributed by atoms with van der Waals surface area (Å²) in [5.74, 6) is 0.494. The summed E-state index contributed by atoms with van der Waals surface area (Å²) >= 11 is 0. The average molecular weight is 533 g/mol. The molecule has 1 saturated carbocycles. The third-order valence-corrected chi connectivity index (χ3v) is 8.07. The second kappa shape index (κ2) is 12.9. The van der Waals surface area contributed by atoms with Crippen LogP contribution in [0.2, 0.25) is 0 Å². The first kappa shape index (κ1) is 28.3. The monoisotopic (exact) mass is 532 g/mol. The highest BCUT2D eigenvalue weighted by molar-refractivity contribution is 5.94. The van der Waals surface area contributed by atoms with E-state index in [4.69, 9.17) is 0 Å². The van der Waals surface area contributed by atoms with Crippen molar-refractivity contribution in [3.8, 4) is 0 Å². The molecule has 1 atom stereocenters. The molecule has 0 aromatic carbocycles. The van der Waals surface area contributed by atoms with Crippen molar-refractivity contribution in [2.45, 2.75) is 76.2 Å². The highest BCUT2D eigenvalue weighted by Crippen LogP contribution is 2.38. The summed E-state index contributed by atoms with van der Waals surface area (Å²) in [6.45, 7) is 9.29. The van der Waals surface area contributed by atoms with Gasteiger partial charge in [-0.1, -0.05) is 12.1 Å². The van der Waals surface area contributed by atoms with Crippen LogP contribution < -0.4 is 10.2 Å². The highest BCUT2D eigenvalue weighted by Gasteiger charge is 2.48. The van der Waals surface area contributed by atoms with Crippen LogP contribution in [-0.2, 0) is 0 Å². The molecular formula is C28H39F3N6O. The van der Waals surface area contributed by atoms with Crippen LogP contribution in [-0.4, -0.2) is 84.4 Å². The van der Waals surface area contributed by atoms with Crippen molar-refractivity contribution >= 4 is 18.4 Å². The Morgan fingerprint density at radius 3 is 2.53 bits per heavy atom. The van der Waals surface area contributed by atoms with Gasteiger partial charge in [0, 0.05) is 50.2 Å². The number of amides is 1. The van der Waals surface area contributed by atoms with Gasteiger partial charge >= 0.3 is 6.18 Å². The van der Waals surface area contributed by atoms with E-state index in [0.29, 0.717) is 30.4 Å². The molecule has 2 saturated heterocycles. The molecule has 1 N–H and O–H groups in total. The second-order valence-corrected chi connectivity index (χ2v) is 10.4. The molecule has 38 heavy (non-hydrogen) atoms. The number of halogens is 3. The Labute approximate surface area is 223 Å². The molecule has 208 valence electrons. The van der Waals surface area contributed by atoms with Gasteiger partial charge in [0.15, 0.2) is 0 Å². The van der Waals surface area contributed by atoms with E-state index in [-0.39, 0.29) is 18.4 Å². The maximum atomic E-state index is 13.4. The Kier molecular flexibility index (Phi) is 9.59. The van der Waals surface area contributed by atoms with Gasteiger partial charge in [0.25, 0.3) is 5.91 Å². The lowest BCUT2D eigenvalue weighted by molar-refractivity contribution is -0.182. The molecule has 2 aliphatic heterocycles. The molecule has 0 radical (unpaired) electrons. The first-order valence-electron chi connectivity index (χ1n) is 13.7. The van der Waals surface area contributed by atoms with Gasteiger partial charge in [0.05, 0.1) is 0 Å². The Bertz CT molecular complexity index is 1020. The number of aromatic nitrogens is 1. The molecule has 10 heteroatoms. The number of nitrogens with zero attached hydrogens (tertiary/aromatic N) is 5. The number of hydrogen-bond acceptors (Lipinski definition) is 6. The lowest BCUT2D eigenvalue weighted by atomic mass is 9.88. The van der Waals surface area contributed by atoms with Gasteiger partial charge in [-0.15, -0.1) is 0 Å². The van der Waals surface area contributed by atoms with E-state index in [9.17, 15) is 18.0 Å². The summed E-state index contributed by atoms with van der Waals surface area (Å²) in [6.07, 6.45) is 6.26. The molecule has 4 rings (SSSR count). The molecule has 3 aliphatic rings. The number of aliphatic imine (C=N–C) groups is 1. The number of allylic oxidation sites excluding steroid dienone is 2. The van der Waals surface area contributed by atoms with E-state index in [1.54, 1.807) is 23.1 Å². The number of anilines is 1. The van der Waals surface area contributed by atoms with Gasteiger partial charge in [-0.05, 0) is 83.3 Å². The summed E-state index contributed by atoms with van der Waals surface area (Å²) in [5, 5.41) is 2.84. The van der Waals surface area contributed by atoms with Crippen molar-refractivity contribution in [2.75, 3.05) is 37.6 Å². The van der Waals surface area contributed by atoms with Crippen LogP contribution in [0.5, 0.6) is 0 Å². The van der Waals surface area contributed by atoms with E-state index in [2.05, 4.69) is 31.8 Å². The molecule has 1 amide bonds. The maximum absolute atomic E-state index is 13.4. The van der Waals surface area contributed by atoms with E-state index in [1.165, 1.54) is 6.20 Å². The van der Waals surface area contributed by atoms with Crippen molar-refractivity contribution < 1.29 is 18.0 Å². The summed E-state index contributed by atoms with van der Waals surface area (Å²) in [7, 11) is 0. The third kappa shape index (κ3) is 7.02. The molecule has 7 nitrogen and oxygen atoms in total. The number of carbonyl (C=O) groups excluding carboxylic acids is 1. The molecule has 3 fully saturated rings. The molecule has 1 unspecified atom stereocenters. The Morgan fingerprint density at radius 2 is 1.82 bits per heavy atom. The molecule has 1 aliphatic carbocycles. The summed E-state index contributed by atoms with van der Waals surface area (Å²) < 4.78 is 40.3. The molecule has 1 aromatic rings. The fourth-order valence-electron chi connectivity index (χ4n) is 6.13. The molecule has 1 aromatic heterocycles. The first-order chi connectivity index (χ1) is 18.3. The minimum Gasteiger partial charge on any atom is -0.355 e. The van der Waals surface area contributed by atoms with Gasteiger partial charge in [-0.25, -0.2) is 4.98 Å². The van der Waals surface area contributed by atoms with Crippen molar-refractivity contribution in [3.63, 3.8) is 0 Å². The minimum absolute atomic E-state index is 0.0496. The number of hydrogen-bond donors (Lipinski definition) is 1. The lowest BCUT2D eigenvalue weighted by Crippen LogP contribution is -2.50. The van der Waals surface area contributed by atoms with Crippen LogP contribution in [0.15, 0.2) is 47.2 Å². The molecule has 0 bridgehead atoms. The van der Waals surface area contributed by atoms with Crippen LogP contribution in [0.3, 0.4) is 0 Å². The molecule has 0 spiro atoms. The number of carbonyl (C=O) groups is 1. The second-order valence-electron chi connectivity index (χ2n) is 10.4. The largest absolute Gasteiger partial charge is 0.404 e. The zero-order valence-corrected chi connectivity index (χ0v) is 22.2. The highest BCUT2D eigenvalue weighted by atomic mass is 19.4. The van der Waals surface area contributed by atoms with Gasteiger partial charge in [-0.3, -0.25) is 19.6 Å². The van der Waals surface area contributed by atoms with Crippen LogP contribution >= 0.6 is 0 Å². The predicted octanol–water partition coefficient (Wildman–Crippen LogP) is 4.78. The summed E-state index contributed by atoms with van der Waals surface area (Å²) in [4.78, 5) is 27.5. The minimum atomic E-state index is -4.12. The summed E-state index contributed by atoms with van der Waals surface area (Å²) in [6, 6.07) is 4.70. The van der Waals surface area contributed by atoms with E-state index in [0.717, 1.165) is 64.1 Å². The zero-order chi connectivity index (χ0) is 27.1. The average Bonchev–Trinajstić information content (AvgIpc) is 3.30. The normalized spacial score (nSPS) is 26.5. The quantitative estimate of drug-likeness (QED) is 0.405. The van der Waals surface area contributed by atoms with Gasteiger partial charge in [0.1, 0.15) is 17.6 Å². The molecular weight excluding hydrogens is 493 g/mol. The number of nitrogens with one attached hydrogen (secondary N) is 1. The van der Waals surface area contributed by atoms with Gasteiger partial charge < -0.3 is 10.2 Å². The fourth-order valence-corrected chi connectivity index (χ4v) is 6.13. The van der Waals surface area contributed by atoms with Crippen LogP contribution in [0, 0.1) is 0 Å². The third-order valence-electron chi connectivity index (χ3n) is 8.07. The van der Waals surface area contributed by atoms with Gasteiger partial charge in [0.2, 0.25) is 0 Å². The van der Waals surface area contributed by atoms with Crippen molar-refractivity contribution in [1.29, 1.82) is 0 Å². The number of rotatable bonds is 7. The van der Waals surface area contributed by atoms with E-state index in [1.807, 2.05) is 19.1 Å². The Balaban J connectivity index is 1.31.